The number of carbonyl (C=O) groups excluding carboxylic acids is 2. The molecule has 0 aromatic carbocycles. The van der Waals surface area contributed by atoms with Crippen molar-refractivity contribution in [2.24, 2.45) is 59.2 Å². The fraction of sp³-hybridized carbons (Fsp3) is 0.875. The molecule has 4 nitrogen and oxygen atoms in total. The zero-order valence-electron chi connectivity index (χ0n) is 11.8. The molecule has 0 heterocycles. The molecule has 2 unspecified atom stereocenters. The quantitative estimate of drug-likeness (QED) is 0.714. The molecule has 6 rings (SSSR count). The van der Waals surface area contributed by atoms with Gasteiger partial charge in [-0.2, -0.15) is 0 Å². The van der Waals surface area contributed by atoms with Crippen molar-refractivity contribution in [3.05, 3.63) is 0 Å². The van der Waals surface area contributed by atoms with Crippen LogP contribution in [0.25, 0.3) is 0 Å². The highest BCUT2D eigenvalue weighted by atomic mass is 16.5. The van der Waals surface area contributed by atoms with Crippen molar-refractivity contribution < 1.29 is 19.1 Å². The van der Waals surface area contributed by atoms with Crippen molar-refractivity contribution in [1.29, 1.82) is 0 Å². The Balaban J connectivity index is 1.59. The predicted octanol–water partition coefficient (Wildman–Crippen LogP) is 1.34. The van der Waals surface area contributed by atoms with Crippen LogP contribution in [0.5, 0.6) is 0 Å². The van der Waals surface area contributed by atoms with E-state index in [2.05, 4.69) is 0 Å². The van der Waals surface area contributed by atoms with Gasteiger partial charge in [-0.15, -0.1) is 0 Å². The van der Waals surface area contributed by atoms with Gasteiger partial charge in [0, 0.05) is 0 Å². The number of hydrogen-bond donors (Lipinski definition) is 0. The molecule has 6 saturated carbocycles. The van der Waals surface area contributed by atoms with Crippen molar-refractivity contribution in [3.63, 3.8) is 0 Å². The monoisotopic (exact) mass is 276 g/mol. The first-order chi connectivity index (χ1) is 9.70. The number of methoxy groups -OCH3 is 2. The fourth-order valence-electron chi connectivity index (χ4n) is 7.81. The summed E-state index contributed by atoms with van der Waals surface area (Å²) in [5.41, 5.74) is 0. The normalized spacial score (nSPS) is 59.5. The van der Waals surface area contributed by atoms with E-state index in [0.717, 1.165) is 17.8 Å². The lowest BCUT2D eigenvalue weighted by molar-refractivity contribution is -0.163. The molecule has 20 heavy (non-hydrogen) atoms. The van der Waals surface area contributed by atoms with Gasteiger partial charge >= 0.3 is 11.9 Å². The minimum atomic E-state index is -0.227. The van der Waals surface area contributed by atoms with Crippen LogP contribution in [-0.2, 0) is 19.1 Å². The van der Waals surface area contributed by atoms with Gasteiger partial charge in [-0.1, -0.05) is 0 Å². The van der Waals surface area contributed by atoms with Crippen molar-refractivity contribution in [1.82, 2.24) is 0 Å². The molecular weight excluding hydrogens is 256 g/mol. The van der Waals surface area contributed by atoms with E-state index >= 15 is 0 Å². The number of rotatable bonds is 2. The molecule has 6 fully saturated rings. The SMILES string of the molecule is COC(=O)[C@@H]1[C@H](C(=O)OC)[C@H]2C3C4[C@H]5CC[C@H]4[C@@H]2[C@H]5[C@H]31. The van der Waals surface area contributed by atoms with E-state index in [1.807, 2.05) is 0 Å². The van der Waals surface area contributed by atoms with E-state index in [4.69, 9.17) is 9.47 Å². The van der Waals surface area contributed by atoms with Crippen LogP contribution >= 0.6 is 0 Å². The average molecular weight is 276 g/mol. The summed E-state index contributed by atoms with van der Waals surface area (Å²) in [6.07, 6.45) is 2.71. The maximum atomic E-state index is 12.3. The van der Waals surface area contributed by atoms with Crippen molar-refractivity contribution in [3.8, 4) is 0 Å². The summed E-state index contributed by atoms with van der Waals surface area (Å²) in [5.74, 6) is 4.53. The third kappa shape index (κ3) is 0.932. The van der Waals surface area contributed by atoms with Gasteiger partial charge in [0.15, 0.2) is 0 Å². The topological polar surface area (TPSA) is 52.6 Å². The lowest BCUT2D eigenvalue weighted by Gasteiger charge is -2.40. The summed E-state index contributed by atoms with van der Waals surface area (Å²) in [5, 5.41) is 0. The molecule has 0 aliphatic heterocycles. The highest BCUT2D eigenvalue weighted by Crippen LogP contribution is 2.84. The first kappa shape index (κ1) is 11.6. The van der Waals surface area contributed by atoms with Crippen LogP contribution in [0.3, 0.4) is 0 Å². The Morgan fingerprint density at radius 3 is 1.55 bits per heavy atom. The third-order valence-electron chi connectivity index (χ3n) is 7.64. The highest BCUT2D eigenvalue weighted by Gasteiger charge is 2.83. The van der Waals surface area contributed by atoms with Gasteiger partial charge in [-0.3, -0.25) is 9.59 Å². The summed E-state index contributed by atoms with van der Waals surface area (Å²) in [6.45, 7) is 0. The fourth-order valence-corrected chi connectivity index (χ4v) is 7.81. The molecule has 10 atom stereocenters. The van der Waals surface area contributed by atoms with E-state index in [9.17, 15) is 9.59 Å². The Kier molecular flexibility index (Phi) is 1.97. The summed E-state index contributed by atoms with van der Waals surface area (Å²) < 4.78 is 10.0. The first-order valence-electron chi connectivity index (χ1n) is 7.86. The van der Waals surface area contributed by atoms with Crippen LogP contribution < -0.4 is 0 Å². The van der Waals surface area contributed by atoms with Crippen LogP contribution in [0.1, 0.15) is 12.8 Å². The first-order valence-corrected chi connectivity index (χ1v) is 7.86. The molecule has 6 aliphatic carbocycles. The van der Waals surface area contributed by atoms with Gasteiger partial charge in [0.1, 0.15) is 0 Å². The molecule has 0 spiro atoms. The molecule has 6 aliphatic rings. The van der Waals surface area contributed by atoms with E-state index in [1.165, 1.54) is 27.1 Å². The zero-order chi connectivity index (χ0) is 13.8. The van der Waals surface area contributed by atoms with Gasteiger partial charge in [-0.25, -0.2) is 0 Å². The van der Waals surface area contributed by atoms with Crippen LogP contribution in [0, 0.1) is 59.2 Å². The van der Waals surface area contributed by atoms with Crippen LogP contribution in [0.15, 0.2) is 0 Å². The standard InChI is InChI=1S/C16H20O4/c1-19-15(17)13-11-8-5-3-4-6-7(5)10(11)12(9(6)8)14(13)16(18)20-2/h5-14H,3-4H2,1-2H3/t5-,6-,7?,8-,9+,10?,11-,12-,13-,14+/m1/s1. The molecule has 108 valence electrons. The summed E-state index contributed by atoms with van der Waals surface area (Å²) in [4.78, 5) is 24.5. The smallest absolute Gasteiger partial charge is 0.309 e. The number of ether oxygens (including phenoxy) is 2. The van der Waals surface area contributed by atoms with Gasteiger partial charge in [-0.05, 0) is 60.2 Å². The lowest BCUT2D eigenvalue weighted by atomic mass is 9.63. The molecule has 8 bridgehead atoms. The third-order valence-corrected chi connectivity index (χ3v) is 7.64. The van der Waals surface area contributed by atoms with E-state index in [-0.39, 0.29) is 23.8 Å². The predicted molar refractivity (Wildman–Crippen MR) is 68.2 cm³/mol. The molecular formula is C16H20O4. The molecule has 0 aromatic heterocycles. The van der Waals surface area contributed by atoms with Gasteiger partial charge < -0.3 is 9.47 Å². The molecule has 0 aromatic rings. The van der Waals surface area contributed by atoms with Crippen molar-refractivity contribution >= 4 is 11.9 Å². The second kappa shape index (κ2) is 3.40. The van der Waals surface area contributed by atoms with E-state index in [1.54, 1.807) is 0 Å². The number of esters is 2. The maximum absolute atomic E-state index is 12.3. The summed E-state index contributed by atoms with van der Waals surface area (Å²) in [6, 6.07) is 0. The molecule has 4 heteroatoms. The van der Waals surface area contributed by atoms with Crippen LogP contribution in [-0.4, -0.2) is 26.2 Å². The highest BCUT2D eigenvalue weighted by molar-refractivity contribution is 5.84. The molecule has 0 amide bonds. The zero-order valence-corrected chi connectivity index (χ0v) is 11.8. The van der Waals surface area contributed by atoms with Gasteiger partial charge in [0.2, 0.25) is 0 Å². The van der Waals surface area contributed by atoms with E-state index in [0.29, 0.717) is 29.6 Å². The second-order valence-electron chi connectivity index (χ2n) is 7.47. The summed E-state index contributed by atoms with van der Waals surface area (Å²) in [7, 11) is 2.88. The van der Waals surface area contributed by atoms with Crippen LogP contribution in [0.2, 0.25) is 0 Å². The Morgan fingerprint density at radius 1 is 0.700 bits per heavy atom. The number of carbonyl (C=O) groups is 2. The average Bonchev–Trinajstić information content (AvgIpc) is 3.23. The number of hydrogen-bond acceptors (Lipinski definition) is 4. The lowest BCUT2D eigenvalue weighted by Crippen LogP contribution is -2.45. The minimum Gasteiger partial charge on any atom is -0.469 e. The second-order valence-corrected chi connectivity index (χ2v) is 7.47. The Hall–Kier alpha value is -1.06. The summed E-state index contributed by atoms with van der Waals surface area (Å²) >= 11 is 0. The molecule has 0 radical (unpaired) electrons. The van der Waals surface area contributed by atoms with E-state index < -0.39 is 0 Å². The molecule has 0 saturated heterocycles. The van der Waals surface area contributed by atoms with Crippen molar-refractivity contribution in [2.75, 3.05) is 14.2 Å². The molecule has 0 N–H and O–H groups in total. The maximum Gasteiger partial charge on any atom is 0.309 e. The minimum absolute atomic E-state index is 0.181. The Morgan fingerprint density at radius 2 is 1.15 bits per heavy atom. The van der Waals surface area contributed by atoms with Gasteiger partial charge in [0.25, 0.3) is 0 Å². The Bertz CT molecular complexity index is 471. The van der Waals surface area contributed by atoms with Crippen LogP contribution in [0.4, 0.5) is 0 Å². The van der Waals surface area contributed by atoms with Crippen molar-refractivity contribution in [2.45, 2.75) is 12.8 Å². The Labute approximate surface area is 118 Å². The van der Waals surface area contributed by atoms with Gasteiger partial charge in [0.05, 0.1) is 26.1 Å². The largest absolute Gasteiger partial charge is 0.469 e.